The van der Waals surface area contributed by atoms with Crippen molar-refractivity contribution in [3.05, 3.63) is 0 Å². The summed E-state index contributed by atoms with van der Waals surface area (Å²) in [5.41, 5.74) is 0. The van der Waals surface area contributed by atoms with Gasteiger partial charge in [-0.1, -0.05) is 84.5 Å². The van der Waals surface area contributed by atoms with Gasteiger partial charge in [0.15, 0.2) is 0 Å². The summed E-state index contributed by atoms with van der Waals surface area (Å²) in [6.07, 6.45) is 20.7. The molecular weight excluding hydrogens is 328 g/mol. The highest BCUT2D eigenvalue weighted by Gasteiger charge is 2.31. The lowest BCUT2D eigenvalue weighted by Gasteiger charge is -2.37. The van der Waals surface area contributed by atoms with Crippen molar-refractivity contribution in [3.8, 4) is 0 Å². The highest BCUT2D eigenvalue weighted by molar-refractivity contribution is 8.17. The van der Waals surface area contributed by atoms with Crippen LogP contribution >= 0.6 is 23.5 Å². The zero-order valence-electron chi connectivity index (χ0n) is 16.4. The van der Waals surface area contributed by atoms with Crippen LogP contribution < -0.4 is 0 Å². The molecule has 2 fully saturated rings. The van der Waals surface area contributed by atoms with E-state index in [-0.39, 0.29) is 0 Å². The van der Waals surface area contributed by atoms with Crippen LogP contribution in [0.2, 0.25) is 0 Å². The topological polar surface area (TPSA) is 0 Å². The van der Waals surface area contributed by atoms with Crippen LogP contribution in [0.5, 0.6) is 0 Å². The summed E-state index contributed by atoms with van der Waals surface area (Å²) < 4.78 is 0.943. The molecule has 0 nitrogen and oxygen atoms in total. The van der Waals surface area contributed by atoms with Crippen LogP contribution in [0.4, 0.5) is 0 Å². The Morgan fingerprint density at radius 2 is 1.17 bits per heavy atom. The first-order chi connectivity index (χ1) is 11.8. The third kappa shape index (κ3) is 7.94. The Balaban J connectivity index is 1.54. The first-order valence-electron chi connectivity index (χ1n) is 11.1. The van der Waals surface area contributed by atoms with Gasteiger partial charge in [0.25, 0.3) is 0 Å². The van der Waals surface area contributed by atoms with Crippen molar-refractivity contribution in [1.29, 1.82) is 0 Å². The lowest BCUT2D eigenvalue weighted by molar-refractivity contribution is 0.269. The van der Waals surface area contributed by atoms with Crippen molar-refractivity contribution in [2.75, 3.05) is 11.5 Å². The first kappa shape index (κ1) is 21.0. The fraction of sp³-hybridized carbons (Fsp3) is 1.00. The summed E-state index contributed by atoms with van der Waals surface area (Å²) in [5, 5.41) is 0. The van der Waals surface area contributed by atoms with Gasteiger partial charge in [0.05, 0.1) is 4.58 Å². The van der Waals surface area contributed by atoms with Gasteiger partial charge in [0.2, 0.25) is 0 Å². The lowest BCUT2D eigenvalue weighted by Crippen LogP contribution is -2.27. The quantitative estimate of drug-likeness (QED) is 0.336. The third-order valence-electron chi connectivity index (χ3n) is 6.20. The number of hydrogen-bond acceptors (Lipinski definition) is 2. The van der Waals surface area contributed by atoms with Crippen LogP contribution in [-0.2, 0) is 0 Å². The van der Waals surface area contributed by atoms with E-state index >= 15 is 0 Å². The number of unbranched alkanes of at least 4 members (excludes halogenated alkanes) is 6. The molecule has 2 heteroatoms. The van der Waals surface area contributed by atoms with Gasteiger partial charge in [0.1, 0.15) is 0 Å². The molecule has 1 saturated heterocycles. The Labute approximate surface area is 161 Å². The predicted octanol–water partition coefficient (Wildman–Crippen LogP) is 8.16. The minimum atomic E-state index is 0.943. The van der Waals surface area contributed by atoms with Crippen molar-refractivity contribution < 1.29 is 0 Å². The molecule has 0 N–H and O–H groups in total. The van der Waals surface area contributed by atoms with E-state index in [1.807, 2.05) is 0 Å². The Morgan fingerprint density at radius 1 is 0.625 bits per heavy atom. The Bertz CT molecular complexity index is 258. The second kappa shape index (κ2) is 13.0. The van der Waals surface area contributed by atoms with Gasteiger partial charge in [-0.05, 0) is 48.5 Å². The molecule has 2 aliphatic rings. The van der Waals surface area contributed by atoms with Crippen LogP contribution in [0.25, 0.3) is 0 Å². The zero-order valence-corrected chi connectivity index (χ0v) is 18.1. The number of hydrogen-bond donors (Lipinski definition) is 0. The maximum absolute atomic E-state index is 2.33. The van der Waals surface area contributed by atoms with Gasteiger partial charge in [0, 0.05) is 0 Å². The van der Waals surface area contributed by atoms with E-state index in [9.17, 15) is 0 Å². The second-order valence-corrected chi connectivity index (χ2v) is 11.0. The van der Waals surface area contributed by atoms with E-state index in [2.05, 4.69) is 37.4 Å². The molecule has 1 aliphatic carbocycles. The Kier molecular flexibility index (Phi) is 11.3. The van der Waals surface area contributed by atoms with Gasteiger partial charge < -0.3 is 0 Å². The third-order valence-corrected chi connectivity index (χ3v) is 9.77. The molecule has 0 atom stereocenters. The van der Waals surface area contributed by atoms with Crippen molar-refractivity contribution >= 4 is 23.5 Å². The highest BCUT2D eigenvalue weighted by Crippen LogP contribution is 2.45. The smallest absolute Gasteiger partial charge is 0.0530 e. The maximum atomic E-state index is 2.33. The van der Waals surface area contributed by atoms with Crippen LogP contribution in [0, 0.1) is 17.8 Å². The van der Waals surface area contributed by atoms with Gasteiger partial charge in [-0.15, -0.1) is 23.5 Å². The maximum Gasteiger partial charge on any atom is 0.0530 e. The fourth-order valence-corrected chi connectivity index (χ4v) is 8.05. The molecular formula is C22H42S2. The van der Waals surface area contributed by atoms with Gasteiger partial charge >= 0.3 is 0 Å². The molecule has 1 heterocycles. The van der Waals surface area contributed by atoms with E-state index < -0.39 is 0 Å². The van der Waals surface area contributed by atoms with Crippen LogP contribution in [0.1, 0.15) is 104 Å². The molecule has 142 valence electrons. The van der Waals surface area contributed by atoms with Crippen LogP contribution in [-0.4, -0.2) is 16.1 Å². The summed E-state index contributed by atoms with van der Waals surface area (Å²) in [7, 11) is 0. The molecule has 0 aromatic rings. The molecule has 0 amide bonds. The van der Waals surface area contributed by atoms with Gasteiger partial charge in [-0.3, -0.25) is 0 Å². The molecule has 0 aromatic heterocycles. The molecule has 2 rings (SSSR count). The van der Waals surface area contributed by atoms with E-state index in [1.165, 1.54) is 101 Å². The summed E-state index contributed by atoms with van der Waals surface area (Å²) >= 11 is 4.66. The van der Waals surface area contributed by atoms with Crippen molar-refractivity contribution in [2.24, 2.45) is 17.8 Å². The predicted molar refractivity (Wildman–Crippen MR) is 115 cm³/mol. The van der Waals surface area contributed by atoms with Crippen molar-refractivity contribution in [1.82, 2.24) is 0 Å². The fourth-order valence-electron chi connectivity index (χ4n) is 4.47. The molecule has 0 bridgehead atoms. The largest absolute Gasteiger partial charge is 0.147 e. The molecule has 1 saturated carbocycles. The van der Waals surface area contributed by atoms with E-state index in [4.69, 9.17) is 0 Å². The standard InChI is InChI=1S/C22H42S2/c1-3-5-7-9-11-19-13-15-21(16-14-19)22-23-17-20(18-24-22)12-10-8-6-4-2/h19-22H,3-18H2,1-2H3/t19?,20-,21?,22-. The molecule has 24 heavy (non-hydrogen) atoms. The summed E-state index contributed by atoms with van der Waals surface area (Å²) in [6, 6.07) is 0. The average molecular weight is 371 g/mol. The summed E-state index contributed by atoms with van der Waals surface area (Å²) in [4.78, 5) is 0. The van der Waals surface area contributed by atoms with Gasteiger partial charge in [-0.2, -0.15) is 0 Å². The van der Waals surface area contributed by atoms with Crippen molar-refractivity contribution in [3.63, 3.8) is 0 Å². The minimum Gasteiger partial charge on any atom is -0.147 e. The second-order valence-electron chi connectivity index (χ2n) is 8.38. The molecule has 0 spiro atoms. The summed E-state index contributed by atoms with van der Waals surface area (Å²) in [5.74, 6) is 6.04. The van der Waals surface area contributed by atoms with E-state index in [0.29, 0.717) is 0 Å². The normalized spacial score (nSPS) is 31.2. The SMILES string of the molecule is CCCCCCC1CCC([C@H]2SC[C@H](CCCCCC)CS2)CC1. The molecule has 0 radical (unpaired) electrons. The average Bonchev–Trinajstić information content (AvgIpc) is 2.64. The number of rotatable bonds is 11. The number of thioether (sulfide) groups is 2. The van der Waals surface area contributed by atoms with E-state index in [0.717, 1.165) is 22.3 Å². The summed E-state index contributed by atoms with van der Waals surface area (Å²) in [6.45, 7) is 4.64. The van der Waals surface area contributed by atoms with E-state index in [1.54, 1.807) is 0 Å². The first-order valence-corrected chi connectivity index (χ1v) is 13.2. The molecule has 1 aliphatic heterocycles. The van der Waals surface area contributed by atoms with Crippen LogP contribution in [0.3, 0.4) is 0 Å². The monoisotopic (exact) mass is 370 g/mol. The van der Waals surface area contributed by atoms with Gasteiger partial charge in [-0.25, -0.2) is 0 Å². The Morgan fingerprint density at radius 3 is 1.71 bits per heavy atom. The molecule has 0 unspecified atom stereocenters. The minimum absolute atomic E-state index is 0.943. The highest BCUT2D eigenvalue weighted by atomic mass is 32.2. The Hall–Kier alpha value is 0.700. The lowest BCUT2D eigenvalue weighted by atomic mass is 9.80. The van der Waals surface area contributed by atoms with Crippen molar-refractivity contribution in [2.45, 2.75) is 108 Å². The molecule has 0 aromatic carbocycles. The zero-order chi connectivity index (χ0) is 17.0. The van der Waals surface area contributed by atoms with Crippen LogP contribution in [0.15, 0.2) is 0 Å².